The van der Waals surface area contributed by atoms with Crippen molar-refractivity contribution in [3.63, 3.8) is 0 Å². The molecule has 1 unspecified atom stereocenters. The molecule has 7 heterocycles. The lowest BCUT2D eigenvalue weighted by molar-refractivity contribution is -0.134. The van der Waals surface area contributed by atoms with Gasteiger partial charge in [-0.15, -0.1) is 5.10 Å². The molecule has 4 saturated heterocycles. The second kappa shape index (κ2) is 16.6. The summed E-state index contributed by atoms with van der Waals surface area (Å²) in [6, 6.07) is 14.7. The maximum absolute atomic E-state index is 12.4. The van der Waals surface area contributed by atoms with Crippen molar-refractivity contribution in [1.82, 2.24) is 24.8 Å². The number of rotatable bonds is 8. The highest BCUT2D eigenvalue weighted by Crippen LogP contribution is 2.44. The quantitative estimate of drug-likeness (QED) is 0.169. The van der Waals surface area contributed by atoms with Crippen molar-refractivity contribution in [2.45, 2.75) is 83.0 Å². The number of hydrogen-bond acceptors (Lipinski definition) is 10. The van der Waals surface area contributed by atoms with Crippen LogP contribution in [0.2, 0.25) is 5.02 Å². The lowest BCUT2D eigenvalue weighted by atomic mass is 9.71. The van der Waals surface area contributed by atoms with Crippen molar-refractivity contribution in [1.29, 1.82) is 0 Å². The highest BCUT2D eigenvalue weighted by Gasteiger charge is 2.39. The van der Waals surface area contributed by atoms with E-state index in [-0.39, 0.29) is 23.4 Å². The lowest BCUT2D eigenvalue weighted by Crippen LogP contribution is -2.48. The Hall–Kier alpha value is -4.88. The Labute approximate surface area is 351 Å². The van der Waals surface area contributed by atoms with Gasteiger partial charge in [0.25, 0.3) is 5.91 Å². The number of anilines is 5. The predicted molar refractivity (Wildman–Crippen MR) is 233 cm³/mol. The zero-order valence-corrected chi connectivity index (χ0v) is 35.0. The van der Waals surface area contributed by atoms with Crippen LogP contribution in [0, 0.1) is 11.3 Å². The van der Waals surface area contributed by atoms with Crippen LogP contribution < -0.4 is 31.1 Å². The van der Waals surface area contributed by atoms with Crippen LogP contribution in [0.25, 0.3) is 5.65 Å². The number of nitrogens with one attached hydrogen (secondary N) is 2. The Morgan fingerprint density at radius 2 is 1.63 bits per heavy atom. The third-order valence-electron chi connectivity index (χ3n) is 13.8. The molecule has 2 aromatic heterocycles. The van der Waals surface area contributed by atoms with Crippen LogP contribution in [-0.2, 0) is 16.0 Å². The second-order valence-corrected chi connectivity index (χ2v) is 18.0. The summed E-state index contributed by atoms with van der Waals surface area (Å²) in [4.78, 5) is 50.5. The monoisotopic (exact) mass is 820 g/mol. The molecule has 10 rings (SSSR count). The first-order chi connectivity index (χ1) is 28.7. The summed E-state index contributed by atoms with van der Waals surface area (Å²) in [5.41, 5.74) is 13.5. The molecule has 4 aromatic rings. The van der Waals surface area contributed by atoms with Crippen molar-refractivity contribution < 1.29 is 14.4 Å². The fraction of sp³-hybridized carbons (Fsp3) is 0.533. The largest absolute Gasteiger partial charge is 0.385 e. The van der Waals surface area contributed by atoms with Crippen LogP contribution in [0.3, 0.4) is 0 Å². The average molecular weight is 821 g/mol. The highest BCUT2D eigenvalue weighted by atomic mass is 35.5. The van der Waals surface area contributed by atoms with E-state index in [1.165, 1.54) is 101 Å². The van der Waals surface area contributed by atoms with Gasteiger partial charge in [-0.05, 0) is 106 Å². The van der Waals surface area contributed by atoms with E-state index in [0.29, 0.717) is 34.8 Å². The van der Waals surface area contributed by atoms with E-state index in [4.69, 9.17) is 22.4 Å². The highest BCUT2D eigenvalue weighted by molar-refractivity contribution is 6.32. The van der Waals surface area contributed by atoms with Gasteiger partial charge in [0.05, 0.1) is 17.8 Å². The maximum atomic E-state index is 12.4. The average Bonchev–Trinajstić information content (AvgIpc) is 3.97. The molecule has 2 aromatic carbocycles. The zero-order chi connectivity index (χ0) is 40.7. The minimum Gasteiger partial charge on any atom is -0.385 e. The number of nitrogens with zero attached hydrogens (tertiary/aromatic N) is 7. The summed E-state index contributed by atoms with van der Waals surface area (Å²) in [5, 5.41) is 11.1. The summed E-state index contributed by atoms with van der Waals surface area (Å²) in [5.74, 6) is 0.1000. The van der Waals surface area contributed by atoms with Gasteiger partial charge < -0.3 is 30.7 Å². The predicted octanol–water partition coefficient (Wildman–Crippen LogP) is 6.51. The summed E-state index contributed by atoms with van der Waals surface area (Å²) in [7, 11) is 1.84. The number of aromatic nitrogens is 3. The van der Waals surface area contributed by atoms with Crippen LogP contribution in [0.5, 0.6) is 0 Å². The van der Waals surface area contributed by atoms with E-state index in [0.717, 1.165) is 61.9 Å². The molecule has 1 atom stereocenters. The number of piperidine rings is 4. The number of benzene rings is 2. The van der Waals surface area contributed by atoms with Crippen LogP contribution in [-0.4, -0.2) is 96.6 Å². The molecule has 5 fully saturated rings. The van der Waals surface area contributed by atoms with E-state index in [2.05, 4.69) is 59.5 Å². The molecule has 13 nitrogen and oxygen atoms in total. The molecule has 3 amide bonds. The molecule has 4 N–H and O–H groups in total. The van der Waals surface area contributed by atoms with Crippen molar-refractivity contribution in [2.24, 2.45) is 17.1 Å². The fourth-order valence-electron chi connectivity index (χ4n) is 10.0. The molecule has 5 aliphatic heterocycles. The molecule has 0 bridgehead atoms. The summed E-state index contributed by atoms with van der Waals surface area (Å²) < 4.78 is 1.55. The Kier molecular flexibility index (Phi) is 11.2. The molecular formula is C45H57ClN10O3. The number of nitrogens with two attached hydrogens (primary N) is 1. The topological polar surface area (TPSA) is 144 Å². The van der Waals surface area contributed by atoms with Gasteiger partial charge >= 0.3 is 0 Å². The van der Waals surface area contributed by atoms with E-state index >= 15 is 0 Å². The van der Waals surface area contributed by atoms with Crippen molar-refractivity contribution in [3.05, 3.63) is 70.5 Å². The molecule has 0 radical (unpaired) electrons. The number of likely N-dealkylation sites (tertiary alicyclic amines) is 1. The van der Waals surface area contributed by atoms with Gasteiger partial charge in [-0.25, -0.2) is 9.50 Å². The first kappa shape index (κ1) is 39.6. The SMILES string of the molecule is C1CC1.CNc1cc(N2CCc3c(N4CCC(CN5CCC6(CC5)CCN(c5ccc(C7CCC(=O)NC7=O)c(Cl)c5)CC6)CC4)cccc32)nn2c(C(N)=O)cnc12. The van der Waals surface area contributed by atoms with Crippen molar-refractivity contribution >= 4 is 63.5 Å². The number of halogens is 1. The standard InChI is InChI=1S/C42H51ClN10O3.C3H6/c1-45-33-24-37(48-53-36(39(44)55)25-46-40(33)53)52-18-11-31-34(3-2-4-35(31)52)51-16-9-27(10-17-51)26-49-19-12-42(13-20-49)14-21-50(22-15-42)28-5-6-29(32(43)23-28)30-7-8-38(54)47-41(30)56;1-2-3-1/h2-6,23-25,27,30,45H,7-22,26H2,1H3,(H2,44,55)(H,47,54,56);1-3H2. The fourth-order valence-corrected chi connectivity index (χ4v) is 10.4. The maximum Gasteiger partial charge on any atom is 0.269 e. The normalized spacial score (nSPS) is 21.9. The number of fused-ring (bicyclic) bond motifs is 2. The minimum atomic E-state index is -0.557. The van der Waals surface area contributed by atoms with Crippen molar-refractivity contribution in [2.75, 3.05) is 79.4 Å². The lowest BCUT2D eigenvalue weighted by Gasteiger charge is -2.48. The molecular weight excluding hydrogens is 764 g/mol. The van der Waals surface area contributed by atoms with E-state index in [1.54, 1.807) is 4.52 Å². The minimum absolute atomic E-state index is 0.207. The molecule has 14 heteroatoms. The Bertz CT molecular complexity index is 2210. The Balaban J connectivity index is 0.00000143. The van der Waals surface area contributed by atoms with Crippen LogP contribution in [0.15, 0.2) is 48.7 Å². The third kappa shape index (κ3) is 8.20. The number of amides is 3. The number of imide groups is 1. The molecule has 1 saturated carbocycles. The summed E-state index contributed by atoms with van der Waals surface area (Å²) in [6.07, 6.45) is 15.1. The Morgan fingerprint density at radius 3 is 2.31 bits per heavy atom. The number of hydrogen-bond donors (Lipinski definition) is 3. The van der Waals surface area contributed by atoms with Crippen molar-refractivity contribution in [3.8, 4) is 0 Å². The zero-order valence-electron chi connectivity index (χ0n) is 34.2. The van der Waals surface area contributed by atoms with E-state index in [1.807, 2.05) is 25.2 Å². The van der Waals surface area contributed by atoms with Crippen LogP contribution in [0.1, 0.15) is 98.2 Å². The van der Waals surface area contributed by atoms with Gasteiger partial charge in [0.2, 0.25) is 11.8 Å². The number of carbonyl (C=O) groups excluding carboxylic acids is 3. The van der Waals surface area contributed by atoms with Gasteiger partial charge in [0.1, 0.15) is 5.69 Å². The number of imidazole rings is 1. The van der Waals surface area contributed by atoms with Gasteiger partial charge in [0, 0.05) is 86.5 Å². The van der Waals surface area contributed by atoms with E-state index in [9.17, 15) is 14.4 Å². The second-order valence-electron chi connectivity index (χ2n) is 17.6. The molecule has 1 aliphatic carbocycles. The third-order valence-corrected chi connectivity index (χ3v) is 14.1. The molecule has 6 aliphatic rings. The Morgan fingerprint density at radius 1 is 0.898 bits per heavy atom. The van der Waals surface area contributed by atoms with Gasteiger partial charge in [0.15, 0.2) is 11.5 Å². The summed E-state index contributed by atoms with van der Waals surface area (Å²) >= 11 is 6.72. The smallest absolute Gasteiger partial charge is 0.269 e. The molecule has 59 heavy (non-hydrogen) atoms. The molecule has 312 valence electrons. The van der Waals surface area contributed by atoms with Crippen LogP contribution >= 0.6 is 11.6 Å². The van der Waals surface area contributed by atoms with Crippen LogP contribution in [0.4, 0.5) is 28.6 Å². The summed E-state index contributed by atoms with van der Waals surface area (Å²) in [6.45, 7) is 8.56. The van der Waals surface area contributed by atoms with Gasteiger partial charge in [-0.3, -0.25) is 19.7 Å². The van der Waals surface area contributed by atoms with E-state index < -0.39 is 5.91 Å². The van der Waals surface area contributed by atoms with Gasteiger partial charge in [-0.2, -0.15) is 0 Å². The number of primary amides is 1. The van der Waals surface area contributed by atoms with Gasteiger partial charge in [-0.1, -0.05) is 43.0 Å². The first-order valence-electron chi connectivity index (χ1n) is 21.8. The molecule has 1 spiro atoms. The first-order valence-corrected chi connectivity index (χ1v) is 22.2. The number of carbonyl (C=O) groups is 3.